The van der Waals surface area contributed by atoms with Crippen LogP contribution in [0.5, 0.6) is 11.5 Å². The Balaban J connectivity index is 2.51. The van der Waals surface area contributed by atoms with Crippen molar-refractivity contribution in [1.82, 2.24) is 0 Å². The molecule has 0 aliphatic heterocycles. The Morgan fingerprint density at radius 3 is 1.65 bits per heavy atom. The van der Waals surface area contributed by atoms with E-state index in [-0.39, 0.29) is 0 Å². The highest BCUT2D eigenvalue weighted by atomic mass is 16.5. The third-order valence-electron chi connectivity index (χ3n) is 5.48. The smallest absolute Gasteiger partial charge is 0.121 e. The minimum Gasteiger partial charge on any atom is -0.496 e. The average molecular weight is 355 g/mol. The van der Waals surface area contributed by atoms with Crippen molar-refractivity contribution in [2.45, 2.75) is 59.3 Å². The van der Waals surface area contributed by atoms with Crippen molar-refractivity contribution in [3.8, 4) is 11.5 Å². The number of ether oxygens (including phenoxy) is 2. The van der Waals surface area contributed by atoms with Gasteiger partial charge in [-0.3, -0.25) is 0 Å². The molecule has 0 aliphatic carbocycles. The minimum atomic E-state index is 0.403. The zero-order valence-corrected chi connectivity index (χ0v) is 17.3. The van der Waals surface area contributed by atoms with Gasteiger partial charge in [0.15, 0.2) is 0 Å². The van der Waals surface area contributed by atoms with Crippen molar-refractivity contribution >= 4 is 0 Å². The van der Waals surface area contributed by atoms with Crippen LogP contribution in [0, 0.1) is 19.8 Å². The maximum atomic E-state index is 5.47. The number of hydrogen-bond acceptors (Lipinski definition) is 2. The zero-order valence-electron chi connectivity index (χ0n) is 17.3. The van der Waals surface area contributed by atoms with E-state index in [4.69, 9.17) is 9.47 Å². The van der Waals surface area contributed by atoms with E-state index in [1.807, 2.05) is 0 Å². The van der Waals surface area contributed by atoms with Crippen LogP contribution in [0.4, 0.5) is 0 Å². The van der Waals surface area contributed by atoms with Gasteiger partial charge in [0, 0.05) is 5.92 Å². The van der Waals surface area contributed by atoms with Crippen LogP contribution in [0.25, 0.3) is 0 Å². The molecule has 2 heteroatoms. The number of aryl methyl sites for hydroxylation is 2. The molecule has 2 aromatic carbocycles. The molecular formula is C24H34O2. The van der Waals surface area contributed by atoms with Crippen molar-refractivity contribution in [2.24, 2.45) is 5.92 Å². The van der Waals surface area contributed by atoms with Gasteiger partial charge in [0.05, 0.1) is 14.2 Å². The lowest BCUT2D eigenvalue weighted by Crippen LogP contribution is -2.15. The van der Waals surface area contributed by atoms with Gasteiger partial charge in [0.2, 0.25) is 0 Å². The molecule has 0 bridgehead atoms. The summed E-state index contributed by atoms with van der Waals surface area (Å²) in [6, 6.07) is 13.3. The van der Waals surface area contributed by atoms with E-state index < -0.39 is 0 Å². The fourth-order valence-corrected chi connectivity index (χ4v) is 4.00. The average Bonchev–Trinajstić information content (AvgIpc) is 2.65. The molecule has 26 heavy (non-hydrogen) atoms. The van der Waals surface area contributed by atoms with Crippen LogP contribution in [-0.4, -0.2) is 14.2 Å². The maximum absolute atomic E-state index is 5.47. The van der Waals surface area contributed by atoms with Crippen LogP contribution in [0.3, 0.4) is 0 Å². The summed E-state index contributed by atoms with van der Waals surface area (Å²) in [7, 11) is 3.48. The Kier molecular flexibility index (Phi) is 7.56. The highest BCUT2D eigenvalue weighted by Crippen LogP contribution is 2.39. The topological polar surface area (TPSA) is 18.5 Å². The standard InChI is InChI=1S/C24H34O2/c1-7-9-10-19(8-2)24(20-11-13-22(25-5)17(3)15-20)21-12-14-23(26-6)18(4)16-21/h11-16,19,24H,7-10H2,1-6H3. The molecule has 0 saturated heterocycles. The van der Waals surface area contributed by atoms with Crippen molar-refractivity contribution in [2.75, 3.05) is 14.2 Å². The van der Waals surface area contributed by atoms with Gasteiger partial charge in [-0.25, -0.2) is 0 Å². The number of methoxy groups -OCH3 is 2. The molecular weight excluding hydrogens is 320 g/mol. The molecule has 2 aromatic rings. The molecule has 2 nitrogen and oxygen atoms in total. The van der Waals surface area contributed by atoms with E-state index >= 15 is 0 Å². The minimum absolute atomic E-state index is 0.403. The van der Waals surface area contributed by atoms with Gasteiger partial charge in [-0.1, -0.05) is 57.4 Å². The van der Waals surface area contributed by atoms with Crippen molar-refractivity contribution in [3.63, 3.8) is 0 Å². The summed E-state index contributed by atoms with van der Waals surface area (Å²) in [6.07, 6.45) is 4.96. The quantitative estimate of drug-likeness (QED) is 0.501. The Hall–Kier alpha value is -1.96. The molecule has 1 unspecified atom stereocenters. The third kappa shape index (κ3) is 4.60. The first-order valence-corrected chi connectivity index (χ1v) is 9.84. The molecule has 142 valence electrons. The second kappa shape index (κ2) is 9.66. The Bertz CT molecular complexity index is 652. The van der Waals surface area contributed by atoms with Crippen molar-refractivity contribution in [1.29, 1.82) is 0 Å². The van der Waals surface area contributed by atoms with Crippen LogP contribution in [0.15, 0.2) is 36.4 Å². The normalized spacial score (nSPS) is 12.3. The second-order valence-corrected chi connectivity index (χ2v) is 7.25. The van der Waals surface area contributed by atoms with E-state index in [0.29, 0.717) is 11.8 Å². The molecule has 0 amide bonds. The van der Waals surface area contributed by atoms with E-state index in [9.17, 15) is 0 Å². The van der Waals surface area contributed by atoms with Gasteiger partial charge in [0.1, 0.15) is 11.5 Å². The maximum Gasteiger partial charge on any atom is 0.121 e. The molecule has 0 aromatic heterocycles. The highest BCUT2D eigenvalue weighted by molar-refractivity contribution is 5.44. The van der Waals surface area contributed by atoms with Crippen LogP contribution in [-0.2, 0) is 0 Å². The SMILES string of the molecule is CCCCC(CC)C(c1ccc(OC)c(C)c1)c1ccc(OC)c(C)c1. The summed E-state index contributed by atoms with van der Waals surface area (Å²) in [5.41, 5.74) is 5.17. The number of benzene rings is 2. The van der Waals surface area contributed by atoms with Gasteiger partial charge in [-0.2, -0.15) is 0 Å². The first kappa shape index (κ1) is 20.4. The van der Waals surface area contributed by atoms with Gasteiger partial charge in [0.25, 0.3) is 0 Å². The summed E-state index contributed by atoms with van der Waals surface area (Å²) < 4.78 is 10.9. The highest BCUT2D eigenvalue weighted by Gasteiger charge is 2.24. The lowest BCUT2D eigenvalue weighted by Gasteiger charge is -2.28. The summed E-state index contributed by atoms with van der Waals surface area (Å²) in [5, 5.41) is 0. The predicted molar refractivity (Wildman–Crippen MR) is 111 cm³/mol. The van der Waals surface area contributed by atoms with Gasteiger partial charge >= 0.3 is 0 Å². The molecule has 0 radical (unpaired) electrons. The zero-order chi connectivity index (χ0) is 19.1. The summed E-state index contributed by atoms with van der Waals surface area (Å²) in [5.74, 6) is 2.95. The third-order valence-corrected chi connectivity index (χ3v) is 5.48. The lowest BCUT2D eigenvalue weighted by molar-refractivity contribution is 0.399. The van der Waals surface area contributed by atoms with E-state index in [2.05, 4.69) is 64.1 Å². The Labute approximate surface area is 159 Å². The van der Waals surface area contributed by atoms with Crippen LogP contribution in [0.1, 0.15) is 67.7 Å². The molecule has 0 saturated carbocycles. The van der Waals surface area contributed by atoms with Crippen molar-refractivity contribution in [3.05, 3.63) is 58.7 Å². The number of rotatable bonds is 9. The van der Waals surface area contributed by atoms with Crippen LogP contribution in [0.2, 0.25) is 0 Å². The lowest BCUT2D eigenvalue weighted by atomic mass is 9.76. The first-order chi connectivity index (χ1) is 12.5. The van der Waals surface area contributed by atoms with E-state index in [1.54, 1.807) is 14.2 Å². The summed E-state index contributed by atoms with van der Waals surface area (Å²) >= 11 is 0. The Morgan fingerprint density at radius 1 is 0.808 bits per heavy atom. The molecule has 0 N–H and O–H groups in total. The molecule has 2 rings (SSSR count). The van der Waals surface area contributed by atoms with E-state index in [0.717, 1.165) is 11.5 Å². The second-order valence-electron chi connectivity index (χ2n) is 7.25. The fourth-order valence-electron chi connectivity index (χ4n) is 4.00. The number of unbranched alkanes of at least 4 members (excludes halogenated alkanes) is 1. The summed E-state index contributed by atoms with van der Waals surface area (Å²) in [4.78, 5) is 0. The van der Waals surface area contributed by atoms with Gasteiger partial charge < -0.3 is 9.47 Å². The molecule has 0 heterocycles. The largest absolute Gasteiger partial charge is 0.496 e. The van der Waals surface area contributed by atoms with Gasteiger partial charge in [-0.05, 0) is 60.6 Å². The number of hydrogen-bond donors (Lipinski definition) is 0. The summed E-state index contributed by atoms with van der Waals surface area (Å²) in [6.45, 7) is 8.86. The molecule has 0 fully saturated rings. The monoisotopic (exact) mass is 354 g/mol. The van der Waals surface area contributed by atoms with Crippen LogP contribution < -0.4 is 9.47 Å². The molecule has 1 atom stereocenters. The predicted octanol–water partition coefficient (Wildman–Crippen LogP) is 6.67. The molecule has 0 aliphatic rings. The van der Waals surface area contributed by atoms with Crippen LogP contribution >= 0.6 is 0 Å². The van der Waals surface area contributed by atoms with Crippen molar-refractivity contribution < 1.29 is 9.47 Å². The Morgan fingerprint density at radius 2 is 1.31 bits per heavy atom. The van der Waals surface area contributed by atoms with Gasteiger partial charge in [-0.15, -0.1) is 0 Å². The molecule has 0 spiro atoms. The van der Waals surface area contributed by atoms with E-state index in [1.165, 1.54) is 47.9 Å². The fraction of sp³-hybridized carbons (Fsp3) is 0.500. The first-order valence-electron chi connectivity index (χ1n) is 9.84.